The van der Waals surface area contributed by atoms with Crippen molar-refractivity contribution in [3.63, 3.8) is 0 Å². The molecular weight excluding hydrogens is 366 g/mol. The van der Waals surface area contributed by atoms with Gasteiger partial charge in [-0.25, -0.2) is 9.36 Å². The number of nitrogens with zero attached hydrogens (tertiary/aromatic N) is 3. The molecule has 0 radical (unpaired) electrons. The van der Waals surface area contributed by atoms with E-state index < -0.39 is 29.5 Å². The molecule has 1 heterocycles. The highest BCUT2D eigenvalue weighted by Crippen LogP contribution is 2.31. The first-order chi connectivity index (χ1) is 12.4. The highest BCUT2D eigenvalue weighted by molar-refractivity contribution is 7.99. The average molecular weight is 380 g/mol. The summed E-state index contributed by atoms with van der Waals surface area (Å²) >= 11 is 0.266. The molecule has 2 rings (SSSR count). The van der Waals surface area contributed by atoms with Crippen LogP contribution in [-0.4, -0.2) is 20.8 Å². The van der Waals surface area contributed by atoms with Crippen LogP contribution in [0.2, 0.25) is 0 Å². The monoisotopic (exact) mass is 380 g/mol. The molecule has 0 saturated heterocycles. The minimum atomic E-state index is -2.67. The number of rotatable bonds is 6. The highest BCUT2D eigenvalue weighted by Gasteiger charge is 2.16. The Morgan fingerprint density at radius 2 is 2.04 bits per heavy atom. The van der Waals surface area contributed by atoms with Crippen LogP contribution >= 0.6 is 11.8 Å². The summed E-state index contributed by atoms with van der Waals surface area (Å²) < 4.78 is 26.9. The number of para-hydroxylation sites is 1. The number of carbonyl (C=O) groups is 1. The lowest BCUT2D eigenvalue weighted by Crippen LogP contribution is -2.43. The fraction of sp³-hybridized carbons (Fsp3) is 0.250. The SMILES string of the molecule is CCn1cc(C#N)c(=O)n(CC(=O)Nc2ccccc2SC(F)F)c1=O. The van der Waals surface area contributed by atoms with Crippen molar-refractivity contribution in [2.75, 3.05) is 5.32 Å². The van der Waals surface area contributed by atoms with Crippen molar-refractivity contribution >= 4 is 23.4 Å². The van der Waals surface area contributed by atoms with Gasteiger partial charge in [0.15, 0.2) is 0 Å². The summed E-state index contributed by atoms with van der Waals surface area (Å²) in [7, 11) is 0. The number of nitriles is 1. The van der Waals surface area contributed by atoms with E-state index in [4.69, 9.17) is 5.26 Å². The van der Waals surface area contributed by atoms with E-state index in [-0.39, 0.29) is 34.5 Å². The van der Waals surface area contributed by atoms with Crippen LogP contribution in [0, 0.1) is 11.3 Å². The number of nitrogens with one attached hydrogen (secondary N) is 1. The van der Waals surface area contributed by atoms with Gasteiger partial charge < -0.3 is 5.32 Å². The zero-order valence-electron chi connectivity index (χ0n) is 13.6. The lowest BCUT2D eigenvalue weighted by atomic mass is 10.3. The summed E-state index contributed by atoms with van der Waals surface area (Å²) in [6.07, 6.45) is 1.13. The Balaban J connectivity index is 2.31. The molecule has 0 aliphatic rings. The number of halogens is 2. The summed E-state index contributed by atoms with van der Waals surface area (Å²) in [5.41, 5.74) is -1.74. The minimum Gasteiger partial charge on any atom is -0.324 e. The molecule has 0 saturated carbocycles. The lowest BCUT2D eigenvalue weighted by Gasteiger charge is -2.12. The van der Waals surface area contributed by atoms with Crippen LogP contribution in [0.1, 0.15) is 12.5 Å². The molecule has 0 bridgehead atoms. The molecule has 7 nitrogen and oxygen atoms in total. The summed E-state index contributed by atoms with van der Waals surface area (Å²) in [6.45, 7) is 1.22. The van der Waals surface area contributed by atoms with Gasteiger partial charge in [0.25, 0.3) is 11.3 Å². The number of benzene rings is 1. The van der Waals surface area contributed by atoms with Crippen molar-refractivity contribution in [2.45, 2.75) is 30.7 Å². The van der Waals surface area contributed by atoms with E-state index >= 15 is 0 Å². The van der Waals surface area contributed by atoms with Gasteiger partial charge in [0.1, 0.15) is 18.2 Å². The van der Waals surface area contributed by atoms with Crippen molar-refractivity contribution in [1.29, 1.82) is 5.26 Å². The third kappa shape index (κ3) is 4.37. The van der Waals surface area contributed by atoms with Gasteiger partial charge in [0.2, 0.25) is 5.91 Å². The van der Waals surface area contributed by atoms with Gasteiger partial charge in [-0.05, 0) is 19.1 Å². The third-order valence-electron chi connectivity index (χ3n) is 3.38. The number of carbonyl (C=O) groups excluding carboxylic acids is 1. The molecule has 0 fully saturated rings. The predicted octanol–water partition coefficient (Wildman–Crippen LogP) is 1.85. The van der Waals surface area contributed by atoms with E-state index in [1.807, 2.05) is 0 Å². The zero-order valence-corrected chi connectivity index (χ0v) is 14.4. The largest absolute Gasteiger partial charge is 0.331 e. The second-order valence-electron chi connectivity index (χ2n) is 5.04. The number of alkyl halides is 2. The Morgan fingerprint density at radius 1 is 1.35 bits per heavy atom. The molecule has 26 heavy (non-hydrogen) atoms. The lowest BCUT2D eigenvalue weighted by molar-refractivity contribution is -0.116. The van der Waals surface area contributed by atoms with Crippen LogP contribution in [0.25, 0.3) is 0 Å². The van der Waals surface area contributed by atoms with Crippen LogP contribution in [0.4, 0.5) is 14.5 Å². The Morgan fingerprint density at radius 3 is 2.65 bits per heavy atom. The number of amides is 1. The molecule has 10 heteroatoms. The maximum atomic E-state index is 12.6. The molecule has 0 aliphatic carbocycles. The second kappa shape index (κ2) is 8.44. The maximum absolute atomic E-state index is 12.6. The quantitative estimate of drug-likeness (QED) is 0.772. The first-order valence-corrected chi connectivity index (χ1v) is 8.33. The predicted molar refractivity (Wildman–Crippen MR) is 92.3 cm³/mol. The van der Waals surface area contributed by atoms with Gasteiger partial charge in [-0.15, -0.1) is 0 Å². The summed E-state index contributed by atoms with van der Waals surface area (Å²) in [5.74, 6) is -3.41. The van der Waals surface area contributed by atoms with Gasteiger partial charge in [-0.2, -0.15) is 14.0 Å². The Bertz CT molecular complexity index is 979. The van der Waals surface area contributed by atoms with Crippen LogP contribution in [0.5, 0.6) is 0 Å². The van der Waals surface area contributed by atoms with E-state index in [0.717, 1.165) is 10.8 Å². The van der Waals surface area contributed by atoms with E-state index in [9.17, 15) is 23.2 Å². The number of hydrogen-bond acceptors (Lipinski definition) is 5. The maximum Gasteiger partial charge on any atom is 0.331 e. The Labute approximate surface area is 150 Å². The average Bonchev–Trinajstić information content (AvgIpc) is 2.60. The first kappa shape index (κ1) is 19.4. The summed E-state index contributed by atoms with van der Waals surface area (Å²) in [6, 6.07) is 7.62. The van der Waals surface area contributed by atoms with Crippen molar-refractivity contribution in [1.82, 2.24) is 9.13 Å². The highest BCUT2D eigenvalue weighted by atomic mass is 32.2. The topological polar surface area (TPSA) is 96.9 Å². The molecule has 1 amide bonds. The number of thioether (sulfide) groups is 1. The molecule has 2 aromatic rings. The van der Waals surface area contributed by atoms with E-state index in [1.165, 1.54) is 12.1 Å². The molecule has 0 spiro atoms. The van der Waals surface area contributed by atoms with Crippen molar-refractivity contribution < 1.29 is 13.6 Å². The fourth-order valence-electron chi connectivity index (χ4n) is 2.20. The van der Waals surface area contributed by atoms with Crippen LogP contribution in [-0.2, 0) is 17.9 Å². The number of anilines is 1. The van der Waals surface area contributed by atoms with Crippen LogP contribution in [0.3, 0.4) is 0 Å². The minimum absolute atomic E-state index is 0.142. The van der Waals surface area contributed by atoms with Crippen molar-refractivity contribution in [3.05, 3.63) is 56.9 Å². The number of aromatic nitrogens is 2. The summed E-state index contributed by atoms with van der Waals surface area (Å²) in [4.78, 5) is 36.7. The van der Waals surface area contributed by atoms with Crippen molar-refractivity contribution in [3.8, 4) is 6.07 Å². The normalized spacial score (nSPS) is 10.6. The van der Waals surface area contributed by atoms with Gasteiger partial charge in [0.05, 0.1) is 5.69 Å². The standard InChI is InChI=1S/C16H14F2N4O3S/c1-2-21-8-10(7-19)14(24)22(16(21)25)9-13(23)20-11-5-3-4-6-12(11)26-15(17)18/h3-6,8,15H,2,9H2,1H3,(H,20,23). The Kier molecular flexibility index (Phi) is 6.30. The third-order valence-corrected chi connectivity index (χ3v) is 4.17. The molecule has 0 aliphatic heterocycles. The summed E-state index contributed by atoms with van der Waals surface area (Å²) in [5, 5.41) is 11.4. The molecule has 1 N–H and O–H groups in total. The van der Waals surface area contributed by atoms with Gasteiger partial charge in [-0.1, -0.05) is 23.9 Å². The molecule has 0 atom stereocenters. The number of aryl methyl sites for hydroxylation is 1. The Hall–Kier alpha value is -2.93. The molecule has 136 valence electrons. The van der Waals surface area contributed by atoms with Crippen LogP contribution < -0.4 is 16.6 Å². The zero-order chi connectivity index (χ0) is 19.3. The molecule has 1 aromatic heterocycles. The molecule has 0 unspecified atom stereocenters. The number of hydrogen-bond donors (Lipinski definition) is 1. The smallest absolute Gasteiger partial charge is 0.324 e. The second-order valence-corrected chi connectivity index (χ2v) is 6.07. The van der Waals surface area contributed by atoms with E-state index in [0.29, 0.717) is 4.57 Å². The van der Waals surface area contributed by atoms with Crippen molar-refractivity contribution in [2.24, 2.45) is 0 Å². The molecule has 1 aromatic carbocycles. The van der Waals surface area contributed by atoms with Crippen LogP contribution in [0.15, 0.2) is 44.9 Å². The van der Waals surface area contributed by atoms with E-state index in [1.54, 1.807) is 25.1 Å². The van der Waals surface area contributed by atoms with Gasteiger partial charge in [0, 0.05) is 17.6 Å². The van der Waals surface area contributed by atoms with Gasteiger partial charge in [-0.3, -0.25) is 14.2 Å². The fourth-order valence-corrected chi connectivity index (χ4v) is 2.79. The first-order valence-electron chi connectivity index (χ1n) is 7.45. The van der Waals surface area contributed by atoms with Gasteiger partial charge >= 0.3 is 5.69 Å². The molecular formula is C16H14F2N4O3S. The van der Waals surface area contributed by atoms with E-state index in [2.05, 4.69) is 5.32 Å².